The molecular weight excluding hydrogens is 284 g/mol. The zero-order valence-electron chi connectivity index (χ0n) is 11.1. The minimum Gasteiger partial charge on any atom is -1.00 e. The van der Waals surface area contributed by atoms with Gasteiger partial charge in [0.25, 0.3) is 5.69 Å². The lowest BCUT2D eigenvalue weighted by Crippen LogP contribution is -3.00. The normalized spacial score (nSPS) is 10.7. The van der Waals surface area contributed by atoms with Gasteiger partial charge in [0.1, 0.15) is 5.52 Å². The number of fused-ring (bicyclic) bond motifs is 3. The molecule has 0 aliphatic rings. The molecule has 4 rings (SSSR count). The van der Waals surface area contributed by atoms with Crippen LogP contribution in [-0.4, -0.2) is 10.1 Å². The molecule has 0 atom stereocenters. The first-order valence-corrected chi connectivity index (χ1v) is 6.53. The Kier molecular flexibility index (Phi) is 3.28. The lowest BCUT2D eigenvalue weighted by atomic mass is 10.2. The lowest BCUT2D eigenvalue weighted by Gasteiger charge is -1.98. The molecule has 0 radical (unpaired) electrons. The zero-order valence-corrected chi connectivity index (χ0v) is 11.9. The van der Waals surface area contributed by atoms with E-state index in [1.165, 1.54) is 10.8 Å². The summed E-state index contributed by atoms with van der Waals surface area (Å²) >= 11 is 0. The number of hydrogen-bond acceptors (Lipinski definition) is 1. The van der Waals surface area contributed by atoms with Gasteiger partial charge in [0, 0.05) is 28.4 Å². The topological polar surface area (TPSA) is 39.9 Å². The van der Waals surface area contributed by atoms with Crippen LogP contribution in [0.3, 0.4) is 0 Å². The van der Waals surface area contributed by atoms with Crippen molar-refractivity contribution < 1.29 is 22.1 Å². The molecule has 0 saturated carbocycles. The number of phenolic OH excluding ortho intramolecular Hbond substituents is 1. The molecule has 0 bridgehead atoms. The van der Waals surface area contributed by atoms with Crippen LogP contribution >= 0.6 is 0 Å². The molecule has 4 heteroatoms. The number of pyridine rings is 1. The van der Waals surface area contributed by atoms with Crippen LogP contribution < -0.4 is 17.0 Å². The van der Waals surface area contributed by atoms with Gasteiger partial charge in [-0.05, 0) is 12.1 Å². The van der Waals surface area contributed by atoms with Crippen LogP contribution in [0.4, 0.5) is 0 Å². The van der Waals surface area contributed by atoms with E-state index in [1.807, 2.05) is 47.3 Å². The standard InChI is InChI=1S/C17H12N2O.ClH/c20-17-8-4-3-7-16(17)19-10-9-13-12-5-1-2-6-14(12)18-15(13)11-19;/h1-11,20H;1H. The number of hydrogen-bond donors (Lipinski definition) is 2. The molecule has 104 valence electrons. The molecule has 3 nitrogen and oxygen atoms in total. The van der Waals surface area contributed by atoms with Crippen molar-refractivity contribution in [2.45, 2.75) is 0 Å². The number of nitrogens with zero attached hydrogens (tertiary/aromatic N) is 1. The maximum absolute atomic E-state index is 9.94. The van der Waals surface area contributed by atoms with E-state index in [0.29, 0.717) is 0 Å². The quantitative estimate of drug-likeness (QED) is 0.488. The van der Waals surface area contributed by atoms with Gasteiger partial charge < -0.3 is 22.5 Å². The van der Waals surface area contributed by atoms with Crippen LogP contribution in [0.2, 0.25) is 0 Å². The van der Waals surface area contributed by atoms with Crippen molar-refractivity contribution in [3.8, 4) is 11.4 Å². The lowest BCUT2D eigenvalue weighted by molar-refractivity contribution is -0.594. The number of aromatic hydroxyl groups is 1. The number of halogens is 1. The average molecular weight is 297 g/mol. The van der Waals surface area contributed by atoms with Crippen LogP contribution in [0.1, 0.15) is 0 Å². The highest BCUT2D eigenvalue weighted by molar-refractivity contribution is 6.06. The number of aromatic nitrogens is 2. The molecule has 0 amide bonds. The van der Waals surface area contributed by atoms with Crippen LogP contribution in [0.15, 0.2) is 67.0 Å². The third-order valence-electron chi connectivity index (χ3n) is 3.61. The molecule has 2 N–H and O–H groups in total. The van der Waals surface area contributed by atoms with Crippen molar-refractivity contribution in [3.05, 3.63) is 67.0 Å². The molecule has 21 heavy (non-hydrogen) atoms. The zero-order chi connectivity index (χ0) is 13.5. The fraction of sp³-hybridized carbons (Fsp3) is 0. The molecule has 0 saturated heterocycles. The first kappa shape index (κ1) is 13.5. The maximum Gasteiger partial charge on any atom is 0.252 e. The van der Waals surface area contributed by atoms with Crippen LogP contribution in [0, 0.1) is 0 Å². The highest BCUT2D eigenvalue weighted by Gasteiger charge is 2.13. The van der Waals surface area contributed by atoms with Gasteiger partial charge in [0.2, 0.25) is 0 Å². The van der Waals surface area contributed by atoms with E-state index in [1.54, 1.807) is 6.07 Å². The molecule has 0 fully saturated rings. The molecule has 0 aliphatic heterocycles. The Bertz CT molecular complexity index is 930. The Morgan fingerprint density at radius 3 is 2.38 bits per heavy atom. The predicted molar refractivity (Wildman–Crippen MR) is 79.0 cm³/mol. The fourth-order valence-corrected chi connectivity index (χ4v) is 2.64. The molecule has 2 aromatic carbocycles. The fourth-order valence-electron chi connectivity index (χ4n) is 2.64. The summed E-state index contributed by atoms with van der Waals surface area (Å²) in [6, 6.07) is 17.6. The first-order chi connectivity index (χ1) is 9.83. The Morgan fingerprint density at radius 2 is 1.52 bits per heavy atom. The number of phenols is 1. The minimum atomic E-state index is 0. The number of benzene rings is 2. The van der Waals surface area contributed by atoms with Gasteiger partial charge >= 0.3 is 0 Å². The van der Waals surface area contributed by atoms with Crippen LogP contribution in [0.5, 0.6) is 5.75 Å². The van der Waals surface area contributed by atoms with E-state index in [9.17, 15) is 5.11 Å². The summed E-state index contributed by atoms with van der Waals surface area (Å²) in [5.74, 6) is 0.271. The molecule has 2 aromatic heterocycles. The molecule has 4 aromatic rings. The summed E-state index contributed by atoms with van der Waals surface area (Å²) in [6.45, 7) is 0. The number of H-pyrrole nitrogens is 1. The van der Waals surface area contributed by atoms with Gasteiger partial charge in [-0.1, -0.05) is 30.3 Å². The smallest absolute Gasteiger partial charge is 0.252 e. The second-order valence-corrected chi connectivity index (χ2v) is 4.84. The summed E-state index contributed by atoms with van der Waals surface area (Å²) < 4.78 is 1.92. The maximum atomic E-state index is 9.94. The SMILES string of the molecule is Oc1ccccc1-[n+]1ccc2c(c1)[nH]c1ccccc12.[Cl-]. The number of para-hydroxylation sites is 3. The third kappa shape index (κ3) is 2.12. The Labute approximate surface area is 127 Å². The highest BCUT2D eigenvalue weighted by Crippen LogP contribution is 2.24. The van der Waals surface area contributed by atoms with Gasteiger partial charge in [-0.3, -0.25) is 0 Å². The molecule has 2 heterocycles. The Balaban J connectivity index is 0.00000132. The van der Waals surface area contributed by atoms with E-state index < -0.39 is 0 Å². The number of aromatic amines is 1. The second kappa shape index (κ2) is 5.11. The van der Waals surface area contributed by atoms with Gasteiger partial charge in [-0.15, -0.1) is 0 Å². The predicted octanol–water partition coefficient (Wildman–Crippen LogP) is 0.307. The van der Waals surface area contributed by atoms with E-state index in [4.69, 9.17) is 0 Å². The van der Waals surface area contributed by atoms with E-state index >= 15 is 0 Å². The summed E-state index contributed by atoms with van der Waals surface area (Å²) in [5, 5.41) is 12.3. The summed E-state index contributed by atoms with van der Waals surface area (Å²) in [5.41, 5.74) is 2.95. The van der Waals surface area contributed by atoms with Crippen molar-refractivity contribution in [2.24, 2.45) is 0 Å². The third-order valence-corrected chi connectivity index (χ3v) is 3.61. The van der Waals surface area contributed by atoms with E-state index in [2.05, 4.69) is 23.2 Å². The second-order valence-electron chi connectivity index (χ2n) is 4.84. The van der Waals surface area contributed by atoms with Crippen molar-refractivity contribution in [2.75, 3.05) is 0 Å². The van der Waals surface area contributed by atoms with Crippen molar-refractivity contribution >= 4 is 21.8 Å². The molecule has 0 spiro atoms. The Hall–Kier alpha value is -2.52. The monoisotopic (exact) mass is 296 g/mol. The number of nitrogens with one attached hydrogen (secondary N) is 1. The molecular formula is C17H13ClN2O. The van der Waals surface area contributed by atoms with E-state index in [-0.39, 0.29) is 18.2 Å². The van der Waals surface area contributed by atoms with Crippen molar-refractivity contribution in [1.29, 1.82) is 0 Å². The summed E-state index contributed by atoms with van der Waals surface area (Å²) in [7, 11) is 0. The highest BCUT2D eigenvalue weighted by atomic mass is 35.5. The average Bonchev–Trinajstić information content (AvgIpc) is 2.85. The van der Waals surface area contributed by atoms with Crippen molar-refractivity contribution in [1.82, 2.24) is 4.98 Å². The van der Waals surface area contributed by atoms with Gasteiger partial charge in [0.15, 0.2) is 18.1 Å². The van der Waals surface area contributed by atoms with E-state index in [0.717, 1.165) is 16.7 Å². The molecule has 0 aliphatic carbocycles. The first-order valence-electron chi connectivity index (χ1n) is 6.53. The van der Waals surface area contributed by atoms with Gasteiger partial charge in [-0.2, -0.15) is 4.57 Å². The minimum absolute atomic E-state index is 0. The van der Waals surface area contributed by atoms with Crippen LogP contribution in [-0.2, 0) is 0 Å². The Morgan fingerprint density at radius 1 is 0.810 bits per heavy atom. The van der Waals surface area contributed by atoms with Gasteiger partial charge in [0.05, 0.1) is 0 Å². The van der Waals surface area contributed by atoms with Crippen LogP contribution in [0.25, 0.3) is 27.5 Å². The summed E-state index contributed by atoms with van der Waals surface area (Å²) in [4.78, 5) is 3.41. The molecule has 0 unspecified atom stereocenters. The summed E-state index contributed by atoms with van der Waals surface area (Å²) in [6.07, 6.45) is 3.97. The van der Waals surface area contributed by atoms with Crippen molar-refractivity contribution in [3.63, 3.8) is 0 Å². The number of rotatable bonds is 1. The van der Waals surface area contributed by atoms with Gasteiger partial charge in [-0.25, -0.2) is 0 Å². The largest absolute Gasteiger partial charge is 1.00 e.